The number of hydrogen-bond acceptors (Lipinski definition) is 1. The molecule has 0 saturated heterocycles. The van der Waals surface area contributed by atoms with Gasteiger partial charge < -0.3 is 4.74 Å². The molecule has 0 heterocycles. The normalized spacial score (nSPS) is 21.0. The van der Waals surface area contributed by atoms with Crippen LogP contribution in [0.5, 0.6) is 0 Å². The van der Waals surface area contributed by atoms with Gasteiger partial charge in [-0.2, -0.15) is 0 Å². The third-order valence-corrected chi connectivity index (χ3v) is 3.17. The molecule has 0 aromatic rings. The lowest BCUT2D eigenvalue weighted by atomic mass is 9.92. The lowest BCUT2D eigenvalue weighted by molar-refractivity contribution is 0.0930. The van der Waals surface area contributed by atoms with Crippen LogP contribution in [0.25, 0.3) is 0 Å². The molecule has 0 bridgehead atoms. The zero-order chi connectivity index (χ0) is 11.1. The summed E-state index contributed by atoms with van der Waals surface area (Å²) in [5.74, 6) is 0.664. The Hall–Kier alpha value is 0.830. The van der Waals surface area contributed by atoms with Gasteiger partial charge >= 0.3 is 0 Å². The topological polar surface area (TPSA) is 9.23 Å². The lowest BCUT2D eigenvalue weighted by Crippen LogP contribution is -2.18. The SMILES string of the molecule is ClC(Cl)(Cl)COCC1CCCCCCC1. The van der Waals surface area contributed by atoms with Crippen molar-refractivity contribution in [2.45, 2.75) is 48.7 Å². The van der Waals surface area contributed by atoms with E-state index < -0.39 is 3.79 Å². The molecular formula is C11H19Cl3O. The predicted molar refractivity (Wildman–Crippen MR) is 66.9 cm³/mol. The van der Waals surface area contributed by atoms with Crippen LogP contribution in [0.15, 0.2) is 0 Å². The highest BCUT2D eigenvalue weighted by molar-refractivity contribution is 6.67. The van der Waals surface area contributed by atoms with Crippen molar-refractivity contribution in [3.05, 3.63) is 0 Å². The van der Waals surface area contributed by atoms with Crippen LogP contribution in [0.3, 0.4) is 0 Å². The van der Waals surface area contributed by atoms with Crippen molar-refractivity contribution in [2.75, 3.05) is 13.2 Å². The highest BCUT2D eigenvalue weighted by Gasteiger charge is 2.20. The van der Waals surface area contributed by atoms with E-state index in [0.717, 1.165) is 6.61 Å². The summed E-state index contributed by atoms with van der Waals surface area (Å²) in [4.78, 5) is 0. The van der Waals surface area contributed by atoms with Crippen molar-refractivity contribution >= 4 is 34.8 Å². The first-order chi connectivity index (χ1) is 7.08. The number of hydrogen-bond donors (Lipinski definition) is 0. The average molecular weight is 274 g/mol. The fourth-order valence-corrected chi connectivity index (χ4v) is 2.28. The third-order valence-electron chi connectivity index (χ3n) is 2.84. The summed E-state index contributed by atoms with van der Waals surface area (Å²) in [5.41, 5.74) is 0. The molecule has 0 radical (unpaired) electrons. The van der Waals surface area contributed by atoms with E-state index >= 15 is 0 Å². The van der Waals surface area contributed by atoms with E-state index in [9.17, 15) is 0 Å². The number of halogens is 3. The molecule has 0 N–H and O–H groups in total. The summed E-state index contributed by atoms with van der Waals surface area (Å²) in [6.45, 7) is 0.947. The third kappa shape index (κ3) is 7.68. The Balaban J connectivity index is 2.12. The molecule has 0 aromatic carbocycles. The fraction of sp³-hybridized carbons (Fsp3) is 1.00. The minimum Gasteiger partial charge on any atom is -0.377 e. The van der Waals surface area contributed by atoms with Gasteiger partial charge in [-0.15, -0.1) is 0 Å². The summed E-state index contributed by atoms with van der Waals surface area (Å²) < 4.78 is 4.18. The second-order valence-corrected chi connectivity index (χ2v) is 6.86. The van der Waals surface area contributed by atoms with Crippen molar-refractivity contribution in [2.24, 2.45) is 5.92 Å². The molecule has 1 nitrogen and oxygen atoms in total. The van der Waals surface area contributed by atoms with E-state index in [4.69, 9.17) is 39.5 Å². The van der Waals surface area contributed by atoms with Crippen LogP contribution in [0.2, 0.25) is 0 Å². The van der Waals surface area contributed by atoms with Gasteiger partial charge in [-0.05, 0) is 18.8 Å². The summed E-state index contributed by atoms with van der Waals surface area (Å²) in [7, 11) is 0. The Morgan fingerprint density at radius 1 is 0.933 bits per heavy atom. The van der Waals surface area contributed by atoms with Crippen LogP contribution >= 0.6 is 34.8 Å². The highest BCUT2D eigenvalue weighted by atomic mass is 35.6. The summed E-state index contributed by atoms with van der Waals surface area (Å²) in [6, 6.07) is 0. The molecule has 4 heteroatoms. The average Bonchev–Trinajstić information content (AvgIpc) is 2.06. The first kappa shape index (κ1) is 13.9. The molecule has 0 amide bonds. The lowest BCUT2D eigenvalue weighted by Gasteiger charge is -2.20. The van der Waals surface area contributed by atoms with Crippen LogP contribution in [-0.2, 0) is 4.74 Å². The van der Waals surface area contributed by atoms with Crippen molar-refractivity contribution < 1.29 is 4.74 Å². The van der Waals surface area contributed by atoms with E-state index in [1.807, 2.05) is 0 Å². The van der Waals surface area contributed by atoms with E-state index in [0.29, 0.717) is 5.92 Å². The Morgan fingerprint density at radius 2 is 1.47 bits per heavy atom. The van der Waals surface area contributed by atoms with Gasteiger partial charge in [0, 0.05) is 6.61 Å². The second kappa shape index (κ2) is 7.21. The van der Waals surface area contributed by atoms with Gasteiger partial charge in [0.25, 0.3) is 0 Å². The van der Waals surface area contributed by atoms with Crippen LogP contribution < -0.4 is 0 Å². The van der Waals surface area contributed by atoms with Crippen molar-refractivity contribution in [1.29, 1.82) is 0 Å². The van der Waals surface area contributed by atoms with E-state index in [1.54, 1.807) is 0 Å². The maximum Gasteiger partial charge on any atom is 0.213 e. The van der Waals surface area contributed by atoms with Crippen molar-refractivity contribution in [3.63, 3.8) is 0 Å². The zero-order valence-electron chi connectivity index (χ0n) is 8.98. The monoisotopic (exact) mass is 272 g/mol. The molecular weight excluding hydrogens is 254 g/mol. The minimum atomic E-state index is -1.26. The van der Waals surface area contributed by atoms with Crippen LogP contribution in [0.1, 0.15) is 44.9 Å². The minimum absolute atomic E-state index is 0.203. The Labute approximate surface area is 107 Å². The molecule has 90 valence electrons. The van der Waals surface area contributed by atoms with Gasteiger partial charge in [0.2, 0.25) is 3.79 Å². The molecule has 0 aromatic heterocycles. The number of rotatable bonds is 3. The molecule has 1 aliphatic rings. The maximum atomic E-state index is 5.62. The van der Waals surface area contributed by atoms with Crippen molar-refractivity contribution in [3.8, 4) is 0 Å². The standard InChI is InChI=1S/C11H19Cl3O/c12-11(13,14)9-15-8-10-6-4-2-1-3-5-7-10/h10H,1-9H2. The molecule has 15 heavy (non-hydrogen) atoms. The molecule has 0 unspecified atom stereocenters. The van der Waals surface area contributed by atoms with Gasteiger partial charge in [-0.1, -0.05) is 66.9 Å². The highest BCUT2D eigenvalue weighted by Crippen LogP contribution is 2.27. The molecule has 1 rings (SSSR count). The molecule has 0 spiro atoms. The number of alkyl halides is 3. The molecule has 1 fully saturated rings. The largest absolute Gasteiger partial charge is 0.377 e. The van der Waals surface area contributed by atoms with Gasteiger partial charge in [0.1, 0.15) is 0 Å². The molecule has 0 aliphatic heterocycles. The first-order valence-corrected chi connectivity index (χ1v) is 6.86. The van der Waals surface area contributed by atoms with Gasteiger partial charge in [-0.3, -0.25) is 0 Å². The number of ether oxygens (including phenoxy) is 1. The quantitative estimate of drug-likeness (QED) is 0.675. The Kier molecular flexibility index (Phi) is 6.68. The molecule has 1 aliphatic carbocycles. The van der Waals surface area contributed by atoms with Gasteiger partial charge in [0.05, 0.1) is 6.61 Å². The first-order valence-electron chi connectivity index (χ1n) is 5.72. The maximum absolute atomic E-state index is 5.62. The summed E-state index contributed by atoms with van der Waals surface area (Å²) in [5, 5.41) is 0. The Morgan fingerprint density at radius 3 is 2.00 bits per heavy atom. The van der Waals surface area contributed by atoms with Gasteiger partial charge in [-0.25, -0.2) is 0 Å². The van der Waals surface area contributed by atoms with Crippen LogP contribution in [-0.4, -0.2) is 17.0 Å². The summed E-state index contributed by atoms with van der Waals surface area (Å²) >= 11 is 16.8. The van der Waals surface area contributed by atoms with Gasteiger partial charge in [0.15, 0.2) is 0 Å². The molecule has 1 saturated carbocycles. The van der Waals surface area contributed by atoms with Crippen LogP contribution in [0.4, 0.5) is 0 Å². The Bertz CT molecular complexity index is 160. The predicted octanol–water partition coefficient (Wildman–Crippen LogP) is 4.73. The van der Waals surface area contributed by atoms with E-state index in [-0.39, 0.29) is 6.61 Å². The van der Waals surface area contributed by atoms with E-state index in [1.165, 1.54) is 44.9 Å². The van der Waals surface area contributed by atoms with Crippen LogP contribution in [0, 0.1) is 5.92 Å². The fourth-order valence-electron chi connectivity index (χ4n) is 2.05. The smallest absolute Gasteiger partial charge is 0.213 e. The zero-order valence-corrected chi connectivity index (χ0v) is 11.3. The summed E-state index contributed by atoms with van der Waals surface area (Å²) in [6.07, 6.45) is 9.28. The molecule has 0 atom stereocenters. The van der Waals surface area contributed by atoms with E-state index in [2.05, 4.69) is 0 Å². The second-order valence-electron chi connectivity index (χ2n) is 4.34. The van der Waals surface area contributed by atoms with Crippen molar-refractivity contribution in [1.82, 2.24) is 0 Å².